The van der Waals surface area contributed by atoms with Crippen LogP contribution in [-0.2, 0) is 35.0 Å². The predicted octanol–water partition coefficient (Wildman–Crippen LogP) is 6.27. The van der Waals surface area contributed by atoms with Crippen LogP contribution in [0.1, 0.15) is 98.0 Å². The van der Waals surface area contributed by atoms with Gasteiger partial charge in [0.1, 0.15) is 11.6 Å². The van der Waals surface area contributed by atoms with Crippen molar-refractivity contribution in [2.24, 2.45) is 11.7 Å². The molecule has 0 aromatic heterocycles. The topological polar surface area (TPSA) is 150 Å². The summed E-state index contributed by atoms with van der Waals surface area (Å²) < 4.78 is 31.4. The van der Waals surface area contributed by atoms with Crippen molar-refractivity contribution in [1.82, 2.24) is 0 Å². The van der Waals surface area contributed by atoms with Gasteiger partial charge < -0.3 is 34.2 Å². The molecule has 11 heteroatoms. The SMILES string of the molecule is CCCCCOC(=O)Oc1ccc(CC(N)(C[C@H](C)OC(=O)CC(C)CC)C(=O)OC)cc1OC(=O)OCCCCC. The first kappa shape index (κ1) is 36.7. The van der Waals surface area contributed by atoms with Gasteiger partial charge in [0.15, 0.2) is 11.5 Å². The minimum atomic E-state index is -1.58. The average molecular weight is 596 g/mol. The zero-order valence-corrected chi connectivity index (χ0v) is 26.0. The average Bonchev–Trinajstić information content (AvgIpc) is 2.94. The van der Waals surface area contributed by atoms with E-state index in [0.29, 0.717) is 18.4 Å². The van der Waals surface area contributed by atoms with Crippen molar-refractivity contribution in [2.75, 3.05) is 20.3 Å². The molecule has 0 aliphatic rings. The summed E-state index contributed by atoms with van der Waals surface area (Å²) in [7, 11) is 1.22. The number of ether oxygens (including phenoxy) is 6. The van der Waals surface area contributed by atoms with Gasteiger partial charge in [-0.2, -0.15) is 0 Å². The quantitative estimate of drug-likeness (QED) is 0.0834. The minimum Gasteiger partial charge on any atom is -0.468 e. The van der Waals surface area contributed by atoms with E-state index in [0.717, 1.165) is 32.1 Å². The Kier molecular flexibility index (Phi) is 17.2. The van der Waals surface area contributed by atoms with Gasteiger partial charge in [-0.05, 0) is 43.4 Å². The Morgan fingerprint density at radius 1 is 0.857 bits per heavy atom. The third-order valence-corrected chi connectivity index (χ3v) is 6.64. The fourth-order valence-electron chi connectivity index (χ4n) is 4.13. The molecule has 0 fully saturated rings. The monoisotopic (exact) mass is 595 g/mol. The maximum absolute atomic E-state index is 12.8. The van der Waals surface area contributed by atoms with Crippen LogP contribution >= 0.6 is 0 Å². The number of carbonyl (C=O) groups is 4. The Labute approximate surface area is 249 Å². The smallest absolute Gasteiger partial charge is 0.468 e. The highest BCUT2D eigenvalue weighted by Gasteiger charge is 2.38. The summed E-state index contributed by atoms with van der Waals surface area (Å²) in [6.45, 7) is 10.0. The molecule has 1 rings (SSSR count). The van der Waals surface area contributed by atoms with E-state index in [4.69, 9.17) is 34.2 Å². The van der Waals surface area contributed by atoms with Crippen LogP contribution in [0.5, 0.6) is 11.5 Å². The number of nitrogens with two attached hydrogens (primary N) is 1. The zero-order chi connectivity index (χ0) is 31.5. The Balaban J connectivity index is 3.15. The van der Waals surface area contributed by atoms with Crippen molar-refractivity contribution in [1.29, 1.82) is 0 Å². The third-order valence-electron chi connectivity index (χ3n) is 6.64. The largest absolute Gasteiger partial charge is 0.513 e. The number of hydrogen-bond donors (Lipinski definition) is 1. The van der Waals surface area contributed by atoms with Crippen LogP contribution in [0.25, 0.3) is 0 Å². The highest BCUT2D eigenvalue weighted by molar-refractivity contribution is 5.81. The molecule has 3 atom stereocenters. The summed E-state index contributed by atoms with van der Waals surface area (Å²) in [5, 5.41) is 0. The molecule has 0 amide bonds. The molecule has 2 N–H and O–H groups in total. The summed E-state index contributed by atoms with van der Waals surface area (Å²) in [6.07, 6.45) is 3.48. The first-order valence-electron chi connectivity index (χ1n) is 14.9. The van der Waals surface area contributed by atoms with Crippen LogP contribution in [-0.4, -0.2) is 56.2 Å². The summed E-state index contributed by atoms with van der Waals surface area (Å²) in [4.78, 5) is 49.7. The summed E-state index contributed by atoms with van der Waals surface area (Å²) >= 11 is 0. The lowest BCUT2D eigenvalue weighted by Gasteiger charge is -2.29. The van der Waals surface area contributed by atoms with E-state index in [1.165, 1.54) is 19.2 Å². The first-order valence-corrected chi connectivity index (χ1v) is 14.9. The second-order valence-corrected chi connectivity index (χ2v) is 10.6. The highest BCUT2D eigenvalue weighted by atomic mass is 16.7. The Morgan fingerprint density at radius 3 is 1.95 bits per heavy atom. The lowest BCUT2D eigenvalue weighted by Crippen LogP contribution is -2.53. The van der Waals surface area contributed by atoms with E-state index >= 15 is 0 Å². The number of carbonyl (C=O) groups excluding carboxylic acids is 4. The van der Waals surface area contributed by atoms with Crippen molar-refractivity contribution >= 4 is 24.2 Å². The standard InChI is InChI=1S/C31H49NO10/c1-7-10-12-16-38-29(35)41-25-15-14-24(19-26(25)42-30(36)39-17-13-11-8-2)21-31(32,28(34)37-6)20-23(5)40-27(33)18-22(4)9-3/h14-15,19,22-23H,7-13,16-18,20-21,32H2,1-6H3/t22?,23-,31?/m0/s1. The lowest BCUT2D eigenvalue weighted by atomic mass is 9.86. The van der Waals surface area contributed by atoms with Gasteiger partial charge in [0.2, 0.25) is 0 Å². The number of benzene rings is 1. The van der Waals surface area contributed by atoms with Gasteiger partial charge in [0.25, 0.3) is 0 Å². The van der Waals surface area contributed by atoms with Gasteiger partial charge in [-0.25, -0.2) is 9.59 Å². The Morgan fingerprint density at radius 2 is 1.43 bits per heavy atom. The molecule has 2 unspecified atom stereocenters. The first-order chi connectivity index (χ1) is 20.0. The van der Waals surface area contributed by atoms with E-state index in [1.54, 1.807) is 13.0 Å². The van der Waals surface area contributed by atoms with Gasteiger partial charge in [0, 0.05) is 19.3 Å². The van der Waals surface area contributed by atoms with Crippen LogP contribution in [0.15, 0.2) is 18.2 Å². The van der Waals surface area contributed by atoms with Gasteiger partial charge >= 0.3 is 24.2 Å². The fourth-order valence-corrected chi connectivity index (χ4v) is 4.13. The molecule has 0 bridgehead atoms. The van der Waals surface area contributed by atoms with Gasteiger partial charge in [-0.15, -0.1) is 0 Å². The normalized spacial score (nSPS) is 13.7. The summed E-state index contributed by atoms with van der Waals surface area (Å²) in [6, 6.07) is 4.41. The van der Waals surface area contributed by atoms with E-state index in [-0.39, 0.29) is 55.9 Å². The number of rotatable bonds is 19. The molecule has 42 heavy (non-hydrogen) atoms. The molecule has 1 aromatic carbocycles. The molecule has 0 aliphatic heterocycles. The molecule has 11 nitrogen and oxygen atoms in total. The van der Waals surface area contributed by atoms with Gasteiger partial charge in [0.05, 0.1) is 20.3 Å². The van der Waals surface area contributed by atoms with E-state index < -0.39 is 29.9 Å². The molecule has 0 saturated heterocycles. The van der Waals surface area contributed by atoms with Crippen LogP contribution in [0.2, 0.25) is 0 Å². The molecule has 0 aliphatic carbocycles. The number of hydrogen-bond acceptors (Lipinski definition) is 11. The molecule has 0 radical (unpaired) electrons. The predicted molar refractivity (Wildman–Crippen MR) is 156 cm³/mol. The van der Waals surface area contributed by atoms with Crippen molar-refractivity contribution in [3.63, 3.8) is 0 Å². The van der Waals surface area contributed by atoms with Crippen molar-refractivity contribution in [3.8, 4) is 11.5 Å². The second-order valence-electron chi connectivity index (χ2n) is 10.6. The fraction of sp³-hybridized carbons (Fsp3) is 0.677. The van der Waals surface area contributed by atoms with E-state index in [1.807, 2.05) is 27.7 Å². The lowest BCUT2D eigenvalue weighted by molar-refractivity contribution is -0.155. The van der Waals surface area contributed by atoms with Crippen molar-refractivity contribution in [2.45, 2.75) is 110 Å². The van der Waals surface area contributed by atoms with Crippen LogP contribution in [0.3, 0.4) is 0 Å². The molecule has 0 saturated carbocycles. The molecule has 238 valence electrons. The van der Waals surface area contributed by atoms with Crippen molar-refractivity contribution < 1.29 is 47.6 Å². The zero-order valence-electron chi connectivity index (χ0n) is 26.0. The third kappa shape index (κ3) is 14.0. The van der Waals surface area contributed by atoms with Crippen LogP contribution < -0.4 is 15.2 Å². The Hall–Kier alpha value is -3.34. The highest BCUT2D eigenvalue weighted by Crippen LogP contribution is 2.32. The van der Waals surface area contributed by atoms with E-state index in [9.17, 15) is 19.2 Å². The second kappa shape index (κ2) is 19.7. The molecular formula is C31H49NO10. The summed E-state index contributed by atoms with van der Waals surface area (Å²) in [5.74, 6) is -1.10. The van der Waals surface area contributed by atoms with Gasteiger partial charge in [-0.1, -0.05) is 65.9 Å². The minimum absolute atomic E-state index is 0.0239. The molecule has 0 heterocycles. The molecule has 0 spiro atoms. The van der Waals surface area contributed by atoms with E-state index in [2.05, 4.69) is 0 Å². The van der Waals surface area contributed by atoms with Crippen molar-refractivity contribution in [3.05, 3.63) is 23.8 Å². The molecule has 1 aromatic rings. The molecular weight excluding hydrogens is 546 g/mol. The number of esters is 2. The maximum atomic E-state index is 12.8. The van der Waals surface area contributed by atoms with Crippen LogP contribution in [0, 0.1) is 5.92 Å². The number of methoxy groups -OCH3 is 1. The summed E-state index contributed by atoms with van der Waals surface area (Å²) in [5.41, 5.74) is 5.42. The van der Waals surface area contributed by atoms with Gasteiger partial charge in [-0.3, -0.25) is 9.59 Å². The maximum Gasteiger partial charge on any atom is 0.513 e. The number of unbranched alkanes of at least 4 members (excludes halogenated alkanes) is 4. The Bertz CT molecular complexity index is 998. The van der Waals surface area contributed by atoms with Crippen LogP contribution in [0.4, 0.5) is 9.59 Å².